The standard InChI is InChI=1S/C18H15FN2O2/c1-11-7-12(2)9-15(8-11)20-18(22)16-10-17(23-21-16)13-3-5-14(19)6-4-13/h3-10H,1-2H3,(H,20,22). The molecule has 3 rings (SSSR count). The average molecular weight is 310 g/mol. The number of amides is 1. The van der Waals surface area contributed by atoms with Gasteiger partial charge in [-0.1, -0.05) is 11.2 Å². The number of carbonyl (C=O) groups is 1. The van der Waals surface area contributed by atoms with E-state index in [1.165, 1.54) is 18.2 Å². The highest BCUT2D eigenvalue weighted by atomic mass is 19.1. The number of nitrogens with one attached hydrogen (secondary N) is 1. The highest BCUT2D eigenvalue weighted by Gasteiger charge is 2.14. The van der Waals surface area contributed by atoms with Crippen molar-refractivity contribution in [3.63, 3.8) is 0 Å². The Hall–Kier alpha value is -2.95. The molecule has 4 nitrogen and oxygen atoms in total. The van der Waals surface area contributed by atoms with Crippen LogP contribution in [0.4, 0.5) is 10.1 Å². The van der Waals surface area contributed by atoms with Crippen molar-refractivity contribution in [3.05, 3.63) is 71.2 Å². The van der Waals surface area contributed by atoms with Crippen LogP contribution >= 0.6 is 0 Å². The molecule has 2 aromatic carbocycles. The summed E-state index contributed by atoms with van der Waals surface area (Å²) in [6.45, 7) is 3.93. The molecule has 1 heterocycles. The van der Waals surface area contributed by atoms with E-state index in [-0.39, 0.29) is 17.4 Å². The van der Waals surface area contributed by atoms with Crippen molar-refractivity contribution in [2.24, 2.45) is 0 Å². The monoisotopic (exact) mass is 310 g/mol. The van der Waals surface area contributed by atoms with Crippen molar-refractivity contribution in [2.45, 2.75) is 13.8 Å². The molecule has 1 aromatic heterocycles. The molecule has 0 saturated carbocycles. The zero-order valence-corrected chi connectivity index (χ0v) is 12.8. The number of anilines is 1. The summed E-state index contributed by atoms with van der Waals surface area (Å²) >= 11 is 0. The lowest BCUT2D eigenvalue weighted by atomic mass is 10.1. The SMILES string of the molecule is Cc1cc(C)cc(NC(=O)c2cc(-c3ccc(F)cc3)on2)c1. The number of halogens is 1. The summed E-state index contributed by atoms with van der Waals surface area (Å²) in [5, 5.41) is 6.57. The Kier molecular flexibility index (Phi) is 3.93. The number of carbonyl (C=O) groups excluding carboxylic acids is 1. The van der Waals surface area contributed by atoms with Gasteiger partial charge in [0.05, 0.1) is 0 Å². The summed E-state index contributed by atoms with van der Waals surface area (Å²) in [5.74, 6) is -0.274. The van der Waals surface area contributed by atoms with E-state index in [4.69, 9.17) is 4.52 Å². The van der Waals surface area contributed by atoms with E-state index in [2.05, 4.69) is 10.5 Å². The van der Waals surface area contributed by atoms with Crippen LogP contribution in [0.3, 0.4) is 0 Å². The number of aryl methyl sites for hydroxylation is 2. The second kappa shape index (κ2) is 6.04. The van der Waals surface area contributed by atoms with Gasteiger partial charge in [-0.15, -0.1) is 0 Å². The van der Waals surface area contributed by atoms with Crippen molar-refractivity contribution in [1.29, 1.82) is 0 Å². The van der Waals surface area contributed by atoms with Gasteiger partial charge in [0.25, 0.3) is 5.91 Å². The molecule has 23 heavy (non-hydrogen) atoms. The Labute approximate surface area is 132 Å². The first-order chi connectivity index (χ1) is 11.0. The lowest BCUT2D eigenvalue weighted by molar-refractivity contribution is 0.101. The van der Waals surface area contributed by atoms with E-state index in [1.54, 1.807) is 12.1 Å². The maximum absolute atomic E-state index is 12.9. The zero-order valence-electron chi connectivity index (χ0n) is 12.8. The molecule has 3 aromatic rings. The van der Waals surface area contributed by atoms with Crippen molar-refractivity contribution in [2.75, 3.05) is 5.32 Å². The molecule has 5 heteroatoms. The van der Waals surface area contributed by atoms with Crippen LogP contribution in [0.2, 0.25) is 0 Å². The minimum absolute atomic E-state index is 0.170. The maximum atomic E-state index is 12.9. The third-order valence-electron chi connectivity index (χ3n) is 3.35. The predicted molar refractivity (Wildman–Crippen MR) is 85.8 cm³/mol. The van der Waals surface area contributed by atoms with Gasteiger partial charge in [-0.25, -0.2) is 4.39 Å². The Morgan fingerprint density at radius 3 is 2.35 bits per heavy atom. The van der Waals surface area contributed by atoms with Gasteiger partial charge in [0.2, 0.25) is 0 Å². The highest BCUT2D eigenvalue weighted by Crippen LogP contribution is 2.21. The molecule has 0 radical (unpaired) electrons. The van der Waals surface area contributed by atoms with Gasteiger partial charge in [0.15, 0.2) is 11.5 Å². The normalized spacial score (nSPS) is 10.6. The van der Waals surface area contributed by atoms with Crippen LogP contribution in [-0.4, -0.2) is 11.1 Å². The zero-order chi connectivity index (χ0) is 16.4. The quantitative estimate of drug-likeness (QED) is 0.782. The van der Waals surface area contributed by atoms with E-state index in [0.717, 1.165) is 11.1 Å². The molecule has 0 aliphatic carbocycles. The molecule has 0 unspecified atom stereocenters. The first-order valence-corrected chi connectivity index (χ1v) is 7.13. The van der Waals surface area contributed by atoms with Gasteiger partial charge in [-0.3, -0.25) is 4.79 Å². The Morgan fingerprint density at radius 1 is 1.04 bits per heavy atom. The summed E-state index contributed by atoms with van der Waals surface area (Å²) < 4.78 is 18.1. The van der Waals surface area contributed by atoms with Crippen LogP contribution in [0.15, 0.2) is 53.1 Å². The summed E-state index contributed by atoms with van der Waals surface area (Å²) in [6, 6.07) is 13.1. The van der Waals surface area contributed by atoms with E-state index in [1.807, 2.05) is 32.0 Å². The Balaban J connectivity index is 1.79. The van der Waals surface area contributed by atoms with Crippen molar-refractivity contribution in [3.8, 4) is 11.3 Å². The van der Waals surface area contributed by atoms with Crippen molar-refractivity contribution in [1.82, 2.24) is 5.16 Å². The largest absolute Gasteiger partial charge is 0.355 e. The Bertz CT molecular complexity index is 833. The van der Waals surface area contributed by atoms with Crippen LogP contribution in [0.1, 0.15) is 21.6 Å². The second-order valence-electron chi connectivity index (χ2n) is 5.41. The number of hydrogen-bond donors (Lipinski definition) is 1. The average Bonchev–Trinajstić information content (AvgIpc) is 2.97. The molecule has 0 spiro atoms. The van der Waals surface area contributed by atoms with E-state index in [9.17, 15) is 9.18 Å². The smallest absolute Gasteiger partial charge is 0.277 e. The van der Waals surface area contributed by atoms with Crippen LogP contribution in [0.5, 0.6) is 0 Å². The fourth-order valence-electron chi connectivity index (χ4n) is 2.37. The minimum atomic E-state index is -0.355. The number of rotatable bonds is 3. The summed E-state index contributed by atoms with van der Waals surface area (Å²) in [4.78, 5) is 12.2. The minimum Gasteiger partial charge on any atom is -0.355 e. The van der Waals surface area contributed by atoms with Crippen LogP contribution < -0.4 is 5.32 Å². The first kappa shape index (κ1) is 15.0. The molecular formula is C18H15FN2O2. The van der Waals surface area contributed by atoms with Crippen LogP contribution in [-0.2, 0) is 0 Å². The first-order valence-electron chi connectivity index (χ1n) is 7.13. The number of benzene rings is 2. The van der Waals surface area contributed by atoms with Gasteiger partial charge in [-0.05, 0) is 61.4 Å². The maximum Gasteiger partial charge on any atom is 0.277 e. The highest BCUT2D eigenvalue weighted by molar-refractivity contribution is 6.03. The van der Waals surface area contributed by atoms with E-state index in [0.29, 0.717) is 17.0 Å². The topological polar surface area (TPSA) is 55.1 Å². The molecule has 0 fully saturated rings. The molecule has 0 aliphatic heterocycles. The second-order valence-corrected chi connectivity index (χ2v) is 5.41. The van der Waals surface area contributed by atoms with Crippen molar-refractivity contribution >= 4 is 11.6 Å². The molecule has 0 bridgehead atoms. The molecule has 0 atom stereocenters. The van der Waals surface area contributed by atoms with Gasteiger partial charge < -0.3 is 9.84 Å². The van der Waals surface area contributed by atoms with Crippen molar-refractivity contribution < 1.29 is 13.7 Å². The summed E-state index contributed by atoms with van der Waals surface area (Å²) in [7, 11) is 0. The van der Waals surface area contributed by atoms with Crippen LogP contribution in [0, 0.1) is 19.7 Å². The lowest BCUT2D eigenvalue weighted by Gasteiger charge is -2.05. The van der Waals surface area contributed by atoms with E-state index < -0.39 is 0 Å². The molecule has 0 aliphatic rings. The number of hydrogen-bond acceptors (Lipinski definition) is 3. The summed E-state index contributed by atoms with van der Waals surface area (Å²) in [6.07, 6.45) is 0. The molecule has 116 valence electrons. The molecule has 1 N–H and O–H groups in total. The lowest BCUT2D eigenvalue weighted by Crippen LogP contribution is -2.12. The van der Waals surface area contributed by atoms with Gasteiger partial charge in [0.1, 0.15) is 5.82 Å². The van der Waals surface area contributed by atoms with Crippen LogP contribution in [0.25, 0.3) is 11.3 Å². The third kappa shape index (κ3) is 3.45. The summed E-state index contributed by atoms with van der Waals surface area (Å²) in [5.41, 5.74) is 3.66. The number of aromatic nitrogens is 1. The molecule has 1 amide bonds. The third-order valence-corrected chi connectivity index (χ3v) is 3.35. The molecular weight excluding hydrogens is 295 g/mol. The van der Waals surface area contributed by atoms with Gasteiger partial charge >= 0.3 is 0 Å². The number of nitrogens with zero attached hydrogens (tertiary/aromatic N) is 1. The Morgan fingerprint density at radius 2 is 1.70 bits per heavy atom. The predicted octanol–water partition coefficient (Wildman–Crippen LogP) is 4.35. The molecule has 0 saturated heterocycles. The van der Waals surface area contributed by atoms with E-state index >= 15 is 0 Å². The fraction of sp³-hybridized carbons (Fsp3) is 0.111. The van der Waals surface area contributed by atoms with Gasteiger partial charge in [-0.2, -0.15) is 0 Å². The van der Waals surface area contributed by atoms with Gasteiger partial charge in [0, 0.05) is 17.3 Å². The fourth-order valence-corrected chi connectivity index (χ4v) is 2.37.